The van der Waals surface area contributed by atoms with Gasteiger partial charge in [-0.25, -0.2) is 4.79 Å². The molecule has 0 fully saturated rings. The van der Waals surface area contributed by atoms with Crippen LogP contribution in [0.4, 0.5) is 4.79 Å². The molecule has 2 amide bonds. The Morgan fingerprint density at radius 2 is 1.95 bits per heavy atom. The lowest BCUT2D eigenvalue weighted by atomic mass is 9.96. The highest BCUT2D eigenvalue weighted by Crippen LogP contribution is 2.23. The molecule has 0 aromatic heterocycles. The van der Waals surface area contributed by atoms with Crippen LogP contribution >= 0.6 is 0 Å². The van der Waals surface area contributed by atoms with E-state index < -0.39 is 0 Å². The molecule has 3 N–H and O–H groups in total. The molecule has 1 aromatic carbocycles. The zero-order valence-corrected chi connectivity index (χ0v) is 11.6. The number of urea groups is 1. The van der Waals surface area contributed by atoms with E-state index in [1.54, 1.807) is 7.11 Å². The summed E-state index contributed by atoms with van der Waals surface area (Å²) in [4.78, 5) is 11.7. The normalized spacial score (nSPS) is 12.1. The second-order valence-corrected chi connectivity index (χ2v) is 4.62. The number of nitrogens with one attached hydrogen (secondary N) is 2. The van der Waals surface area contributed by atoms with Gasteiger partial charge in [-0.05, 0) is 23.6 Å². The minimum atomic E-state index is -0.274. The fraction of sp³-hybridized carbons (Fsp3) is 0.500. The number of ether oxygens (including phenoxy) is 1. The van der Waals surface area contributed by atoms with Crippen molar-refractivity contribution in [3.05, 3.63) is 29.8 Å². The number of hydrogen-bond acceptors (Lipinski definition) is 3. The van der Waals surface area contributed by atoms with Gasteiger partial charge in [-0.2, -0.15) is 0 Å². The summed E-state index contributed by atoms with van der Waals surface area (Å²) in [5.74, 6) is 1.05. The largest absolute Gasteiger partial charge is 0.497 e. The van der Waals surface area contributed by atoms with E-state index in [9.17, 15) is 4.79 Å². The van der Waals surface area contributed by atoms with Crippen LogP contribution in [0, 0.1) is 5.92 Å². The smallest absolute Gasteiger partial charge is 0.315 e. The second-order valence-electron chi connectivity index (χ2n) is 4.62. The lowest BCUT2D eigenvalue weighted by Gasteiger charge is -2.23. The number of amides is 2. The molecule has 0 saturated heterocycles. The van der Waals surface area contributed by atoms with E-state index in [-0.39, 0.29) is 31.1 Å². The van der Waals surface area contributed by atoms with E-state index in [2.05, 4.69) is 10.6 Å². The van der Waals surface area contributed by atoms with Crippen molar-refractivity contribution in [1.29, 1.82) is 0 Å². The van der Waals surface area contributed by atoms with Crippen molar-refractivity contribution in [2.75, 3.05) is 20.3 Å². The zero-order chi connectivity index (χ0) is 14.3. The molecule has 5 nitrogen and oxygen atoms in total. The van der Waals surface area contributed by atoms with Gasteiger partial charge in [-0.1, -0.05) is 26.0 Å². The van der Waals surface area contributed by atoms with Crippen molar-refractivity contribution in [1.82, 2.24) is 10.6 Å². The molecule has 19 heavy (non-hydrogen) atoms. The Morgan fingerprint density at radius 1 is 1.32 bits per heavy atom. The first-order valence-corrected chi connectivity index (χ1v) is 6.37. The predicted molar refractivity (Wildman–Crippen MR) is 74.2 cm³/mol. The molecule has 0 radical (unpaired) electrons. The second kappa shape index (κ2) is 7.63. The van der Waals surface area contributed by atoms with Gasteiger partial charge in [-0.15, -0.1) is 0 Å². The van der Waals surface area contributed by atoms with Gasteiger partial charge in [0.2, 0.25) is 0 Å². The number of aliphatic hydroxyl groups is 1. The molecule has 106 valence electrons. The number of rotatable bonds is 6. The molecule has 0 heterocycles. The van der Waals surface area contributed by atoms with Crippen LogP contribution in [0.15, 0.2) is 24.3 Å². The van der Waals surface area contributed by atoms with Crippen LogP contribution in [-0.4, -0.2) is 31.4 Å². The number of aliphatic hydroxyl groups excluding tert-OH is 1. The minimum absolute atomic E-state index is 0.0672. The number of hydrogen-bond donors (Lipinski definition) is 3. The predicted octanol–water partition coefficient (Wildman–Crippen LogP) is 1.68. The summed E-state index contributed by atoms with van der Waals surface area (Å²) in [5, 5.41) is 14.2. The van der Waals surface area contributed by atoms with Gasteiger partial charge in [0.1, 0.15) is 5.75 Å². The quantitative estimate of drug-likeness (QED) is 0.733. The fourth-order valence-corrected chi connectivity index (χ4v) is 1.81. The molecule has 0 saturated carbocycles. The molecule has 1 aromatic rings. The topological polar surface area (TPSA) is 70.6 Å². The molecule has 1 unspecified atom stereocenters. The lowest BCUT2D eigenvalue weighted by Crippen LogP contribution is -2.40. The lowest BCUT2D eigenvalue weighted by molar-refractivity contribution is 0.227. The molecular weight excluding hydrogens is 244 g/mol. The van der Waals surface area contributed by atoms with E-state index >= 15 is 0 Å². The van der Waals surface area contributed by atoms with E-state index in [1.165, 1.54) is 0 Å². The summed E-state index contributed by atoms with van der Waals surface area (Å²) in [6, 6.07) is 7.27. The van der Waals surface area contributed by atoms with Crippen LogP contribution in [0.25, 0.3) is 0 Å². The monoisotopic (exact) mass is 266 g/mol. The molecule has 1 atom stereocenters. The molecular formula is C14H22N2O3. The van der Waals surface area contributed by atoms with Crippen molar-refractivity contribution >= 4 is 6.03 Å². The summed E-state index contributed by atoms with van der Waals surface area (Å²) in [5.41, 5.74) is 1.02. The van der Waals surface area contributed by atoms with Gasteiger partial charge in [0.15, 0.2) is 0 Å². The van der Waals surface area contributed by atoms with Gasteiger partial charge in [0.25, 0.3) is 0 Å². The Bertz CT molecular complexity index is 390. The summed E-state index contributed by atoms with van der Waals surface area (Å²) in [7, 11) is 1.62. The molecule has 5 heteroatoms. The Morgan fingerprint density at radius 3 is 2.42 bits per heavy atom. The Labute approximate surface area is 114 Å². The molecule has 0 bridgehead atoms. The van der Waals surface area contributed by atoms with E-state index in [1.807, 2.05) is 38.1 Å². The van der Waals surface area contributed by atoms with Crippen LogP contribution in [0.3, 0.4) is 0 Å². The number of benzene rings is 1. The zero-order valence-electron chi connectivity index (χ0n) is 11.6. The SMILES string of the molecule is COc1ccc(C(NC(=O)NCCO)C(C)C)cc1. The standard InChI is InChI=1S/C14H22N2O3/c1-10(2)13(16-14(18)15-8-9-17)11-4-6-12(19-3)7-5-11/h4-7,10,13,17H,8-9H2,1-3H3,(H2,15,16,18). The Hall–Kier alpha value is -1.75. The third-order valence-corrected chi connectivity index (χ3v) is 2.83. The maximum Gasteiger partial charge on any atom is 0.315 e. The van der Waals surface area contributed by atoms with Gasteiger partial charge in [0, 0.05) is 6.54 Å². The van der Waals surface area contributed by atoms with Crippen LogP contribution < -0.4 is 15.4 Å². The van der Waals surface area contributed by atoms with Gasteiger partial charge in [0.05, 0.1) is 19.8 Å². The summed E-state index contributed by atoms with van der Waals surface area (Å²) >= 11 is 0. The van der Waals surface area contributed by atoms with Crippen molar-refractivity contribution in [2.45, 2.75) is 19.9 Å². The maximum absolute atomic E-state index is 11.7. The van der Waals surface area contributed by atoms with Crippen LogP contribution in [-0.2, 0) is 0 Å². The van der Waals surface area contributed by atoms with Gasteiger partial charge >= 0.3 is 6.03 Å². The summed E-state index contributed by atoms with van der Waals surface area (Å²) < 4.78 is 5.12. The van der Waals surface area contributed by atoms with Crippen molar-refractivity contribution < 1.29 is 14.6 Å². The molecule has 1 rings (SSSR count). The summed E-state index contributed by atoms with van der Waals surface area (Å²) in [6.07, 6.45) is 0. The number of carbonyl (C=O) groups excluding carboxylic acids is 1. The van der Waals surface area contributed by atoms with Gasteiger partial charge in [-0.3, -0.25) is 0 Å². The molecule has 0 spiro atoms. The van der Waals surface area contributed by atoms with Crippen LogP contribution in [0.1, 0.15) is 25.5 Å². The van der Waals surface area contributed by atoms with Crippen molar-refractivity contribution in [3.63, 3.8) is 0 Å². The van der Waals surface area contributed by atoms with Crippen molar-refractivity contribution in [3.8, 4) is 5.75 Å². The van der Waals surface area contributed by atoms with Crippen molar-refractivity contribution in [2.24, 2.45) is 5.92 Å². The fourth-order valence-electron chi connectivity index (χ4n) is 1.81. The first-order chi connectivity index (χ1) is 9.08. The van der Waals surface area contributed by atoms with Crippen LogP contribution in [0.2, 0.25) is 0 Å². The number of carbonyl (C=O) groups is 1. The maximum atomic E-state index is 11.7. The molecule has 0 aliphatic rings. The Kier molecular flexibility index (Phi) is 6.15. The highest BCUT2D eigenvalue weighted by atomic mass is 16.5. The molecule has 0 aliphatic heterocycles. The average Bonchev–Trinajstić information content (AvgIpc) is 2.42. The highest BCUT2D eigenvalue weighted by molar-refractivity contribution is 5.74. The average molecular weight is 266 g/mol. The third-order valence-electron chi connectivity index (χ3n) is 2.83. The van der Waals surface area contributed by atoms with E-state index in [0.29, 0.717) is 0 Å². The molecule has 0 aliphatic carbocycles. The Balaban J connectivity index is 2.73. The van der Waals surface area contributed by atoms with E-state index in [0.717, 1.165) is 11.3 Å². The van der Waals surface area contributed by atoms with Crippen LogP contribution in [0.5, 0.6) is 5.75 Å². The first kappa shape index (κ1) is 15.3. The minimum Gasteiger partial charge on any atom is -0.497 e. The van der Waals surface area contributed by atoms with Gasteiger partial charge < -0.3 is 20.5 Å². The number of methoxy groups -OCH3 is 1. The summed E-state index contributed by atoms with van der Waals surface area (Å²) in [6.45, 7) is 4.27. The third kappa shape index (κ3) is 4.79. The van der Waals surface area contributed by atoms with E-state index in [4.69, 9.17) is 9.84 Å². The highest BCUT2D eigenvalue weighted by Gasteiger charge is 2.18. The first-order valence-electron chi connectivity index (χ1n) is 6.37.